The molecular weight excluding hydrogens is 268 g/mol. The van der Waals surface area contributed by atoms with Crippen LogP contribution in [0, 0.1) is 0 Å². The van der Waals surface area contributed by atoms with Gasteiger partial charge in [0.1, 0.15) is 11.5 Å². The van der Waals surface area contributed by atoms with Gasteiger partial charge in [0.25, 0.3) is 0 Å². The van der Waals surface area contributed by atoms with Crippen LogP contribution >= 0.6 is 0 Å². The van der Waals surface area contributed by atoms with Gasteiger partial charge in [0, 0.05) is 12.0 Å². The minimum atomic E-state index is -1.13. The Hall–Kier alpha value is -2.23. The first-order valence-electron chi connectivity index (χ1n) is 6.83. The number of esters is 1. The van der Waals surface area contributed by atoms with Crippen LogP contribution in [-0.2, 0) is 16.0 Å². The largest absolute Gasteiger partial charge is 0.493 e. The average molecular weight is 288 g/mol. The van der Waals surface area contributed by atoms with Crippen LogP contribution in [0.1, 0.15) is 18.9 Å². The van der Waals surface area contributed by atoms with Crippen molar-refractivity contribution in [1.29, 1.82) is 0 Å². The Morgan fingerprint density at radius 1 is 1.52 bits per heavy atom. The van der Waals surface area contributed by atoms with E-state index in [9.17, 15) is 4.79 Å². The Kier molecular flexibility index (Phi) is 4.36. The van der Waals surface area contributed by atoms with Gasteiger partial charge < -0.3 is 14.2 Å². The maximum Gasteiger partial charge on any atom is 0.354 e. The lowest BCUT2D eigenvalue weighted by atomic mass is 9.91. The number of carbonyl (C=O) groups is 1. The molecule has 1 aliphatic rings. The molecule has 0 saturated carbocycles. The molecular formula is C17H20O4. The number of hydrogen-bond donors (Lipinski definition) is 0. The van der Waals surface area contributed by atoms with Crippen molar-refractivity contribution < 1.29 is 19.0 Å². The van der Waals surface area contributed by atoms with Gasteiger partial charge in [-0.15, -0.1) is 6.58 Å². The third-order valence-corrected chi connectivity index (χ3v) is 3.55. The van der Waals surface area contributed by atoms with Crippen molar-refractivity contribution >= 4 is 5.97 Å². The van der Waals surface area contributed by atoms with Crippen LogP contribution in [0.2, 0.25) is 0 Å². The maximum atomic E-state index is 12.1. The van der Waals surface area contributed by atoms with Gasteiger partial charge >= 0.3 is 5.97 Å². The van der Waals surface area contributed by atoms with Crippen LogP contribution in [0.3, 0.4) is 0 Å². The quantitative estimate of drug-likeness (QED) is 0.458. The van der Waals surface area contributed by atoms with Gasteiger partial charge in [0.15, 0.2) is 0 Å². The molecule has 4 heteroatoms. The zero-order chi connectivity index (χ0) is 15.5. The van der Waals surface area contributed by atoms with Gasteiger partial charge in [-0.1, -0.05) is 12.7 Å². The van der Waals surface area contributed by atoms with Crippen molar-refractivity contribution in [2.45, 2.75) is 25.4 Å². The summed E-state index contributed by atoms with van der Waals surface area (Å²) in [5, 5.41) is 0. The summed E-state index contributed by atoms with van der Waals surface area (Å²) in [6.45, 7) is 9.88. The molecule has 1 atom stereocenters. The monoisotopic (exact) mass is 288 g/mol. The second-order valence-corrected chi connectivity index (χ2v) is 5.07. The highest BCUT2D eigenvalue weighted by atomic mass is 16.6. The number of rotatable bonds is 6. The van der Waals surface area contributed by atoms with Crippen LogP contribution < -0.4 is 9.47 Å². The minimum absolute atomic E-state index is 0.406. The summed E-state index contributed by atoms with van der Waals surface area (Å²) in [7, 11) is 1.35. The number of benzene rings is 1. The van der Waals surface area contributed by atoms with Gasteiger partial charge in [0.05, 0.1) is 13.7 Å². The van der Waals surface area contributed by atoms with Gasteiger partial charge in [-0.25, -0.2) is 4.79 Å². The molecule has 0 fully saturated rings. The molecule has 1 aromatic rings. The van der Waals surface area contributed by atoms with E-state index in [0.717, 1.165) is 17.7 Å². The first kappa shape index (κ1) is 15.2. The highest BCUT2D eigenvalue weighted by Gasteiger charge is 2.48. The predicted molar refractivity (Wildman–Crippen MR) is 80.6 cm³/mol. The molecule has 0 spiro atoms. The summed E-state index contributed by atoms with van der Waals surface area (Å²) >= 11 is 0. The normalized spacial score (nSPS) is 19.3. The van der Waals surface area contributed by atoms with Crippen LogP contribution in [0.5, 0.6) is 11.5 Å². The van der Waals surface area contributed by atoms with E-state index in [-0.39, 0.29) is 0 Å². The van der Waals surface area contributed by atoms with E-state index in [1.165, 1.54) is 7.11 Å². The molecule has 1 heterocycles. The zero-order valence-corrected chi connectivity index (χ0v) is 12.5. The molecule has 21 heavy (non-hydrogen) atoms. The van der Waals surface area contributed by atoms with Crippen molar-refractivity contribution in [3.63, 3.8) is 0 Å². The van der Waals surface area contributed by atoms with E-state index >= 15 is 0 Å². The summed E-state index contributed by atoms with van der Waals surface area (Å²) in [6.07, 6.45) is 2.99. The Balaban J connectivity index is 2.23. The summed E-state index contributed by atoms with van der Waals surface area (Å²) < 4.78 is 16.3. The van der Waals surface area contributed by atoms with E-state index < -0.39 is 11.6 Å². The Morgan fingerprint density at radius 3 is 2.90 bits per heavy atom. The fourth-order valence-electron chi connectivity index (χ4n) is 2.33. The first-order valence-corrected chi connectivity index (χ1v) is 6.83. The molecule has 0 amide bonds. The third-order valence-electron chi connectivity index (χ3n) is 3.55. The van der Waals surface area contributed by atoms with Crippen molar-refractivity contribution in [3.8, 4) is 11.5 Å². The Labute approximate surface area is 125 Å². The fraction of sp³-hybridized carbons (Fsp3) is 0.353. The maximum absolute atomic E-state index is 12.1. The molecule has 0 aromatic heterocycles. The van der Waals surface area contributed by atoms with E-state index in [1.807, 2.05) is 18.2 Å². The van der Waals surface area contributed by atoms with E-state index in [1.54, 1.807) is 13.0 Å². The highest BCUT2D eigenvalue weighted by Crippen LogP contribution is 2.41. The SMILES string of the molecule is C=CCCOc1ccc2c(c1)C[C@@](C(=C)C)(C(=O)OC)O2. The number of methoxy groups -OCH3 is 1. The van der Waals surface area contributed by atoms with Crippen LogP contribution in [0.4, 0.5) is 0 Å². The topological polar surface area (TPSA) is 44.8 Å². The number of hydrogen-bond acceptors (Lipinski definition) is 4. The lowest BCUT2D eigenvalue weighted by Gasteiger charge is -2.25. The molecule has 1 aliphatic heterocycles. The smallest absolute Gasteiger partial charge is 0.354 e. The summed E-state index contributed by atoms with van der Waals surface area (Å²) in [4.78, 5) is 12.1. The lowest BCUT2D eigenvalue weighted by molar-refractivity contribution is -0.154. The van der Waals surface area contributed by atoms with Crippen molar-refractivity contribution in [2.24, 2.45) is 0 Å². The molecule has 0 saturated heterocycles. The first-order chi connectivity index (χ1) is 10.0. The molecule has 1 aromatic carbocycles. The summed E-state index contributed by atoms with van der Waals surface area (Å²) in [6, 6.07) is 5.53. The molecule has 0 radical (unpaired) electrons. The Morgan fingerprint density at radius 2 is 2.29 bits per heavy atom. The van der Waals surface area contributed by atoms with Crippen LogP contribution in [0.25, 0.3) is 0 Å². The number of fused-ring (bicyclic) bond motifs is 1. The summed E-state index contributed by atoms with van der Waals surface area (Å²) in [5.41, 5.74) is 0.413. The third kappa shape index (κ3) is 2.79. The zero-order valence-electron chi connectivity index (χ0n) is 12.5. The van der Waals surface area contributed by atoms with E-state index in [4.69, 9.17) is 14.2 Å². The summed E-state index contributed by atoms with van der Waals surface area (Å²) in [5.74, 6) is 0.987. The molecule has 2 rings (SSSR count). The van der Waals surface area contributed by atoms with Gasteiger partial charge in [-0.05, 0) is 37.1 Å². The average Bonchev–Trinajstić information content (AvgIpc) is 2.86. The highest BCUT2D eigenvalue weighted by molar-refractivity contribution is 5.85. The van der Waals surface area contributed by atoms with E-state index in [2.05, 4.69) is 13.2 Å². The van der Waals surface area contributed by atoms with Crippen LogP contribution in [0.15, 0.2) is 43.0 Å². The van der Waals surface area contributed by atoms with Gasteiger partial charge in [0.2, 0.25) is 5.60 Å². The molecule has 0 unspecified atom stereocenters. The fourth-order valence-corrected chi connectivity index (χ4v) is 2.33. The standard InChI is InChI=1S/C17H20O4/c1-5-6-9-20-14-7-8-15-13(10-14)11-17(21-15,12(2)3)16(18)19-4/h5,7-8,10H,1-2,6,9,11H2,3-4H3/t17-/m1/s1. The van der Waals surface area contributed by atoms with Crippen molar-refractivity contribution in [2.75, 3.05) is 13.7 Å². The van der Waals surface area contributed by atoms with Crippen LogP contribution in [-0.4, -0.2) is 25.3 Å². The molecule has 0 N–H and O–H groups in total. The number of ether oxygens (including phenoxy) is 3. The molecule has 4 nitrogen and oxygen atoms in total. The molecule has 0 aliphatic carbocycles. The second-order valence-electron chi connectivity index (χ2n) is 5.07. The molecule has 112 valence electrons. The van der Waals surface area contributed by atoms with Crippen molar-refractivity contribution in [3.05, 3.63) is 48.6 Å². The van der Waals surface area contributed by atoms with Gasteiger partial charge in [-0.3, -0.25) is 0 Å². The Bertz CT molecular complexity index is 576. The minimum Gasteiger partial charge on any atom is -0.493 e. The lowest BCUT2D eigenvalue weighted by Crippen LogP contribution is -2.45. The van der Waals surface area contributed by atoms with Gasteiger partial charge in [-0.2, -0.15) is 0 Å². The van der Waals surface area contributed by atoms with E-state index in [0.29, 0.717) is 24.4 Å². The number of carbonyl (C=O) groups excluding carboxylic acids is 1. The van der Waals surface area contributed by atoms with Crippen molar-refractivity contribution in [1.82, 2.24) is 0 Å². The predicted octanol–water partition coefficient (Wildman–Crippen LogP) is 3.06. The second kappa shape index (κ2) is 6.04. The molecule has 0 bridgehead atoms.